The lowest BCUT2D eigenvalue weighted by Crippen LogP contribution is -2.33. The van der Waals surface area contributed by atoms with E-state index in [0.29, 0.717) is 30.1 Å². The average Bonchev–Trinajstić information content (AvgIpc) is 3.69. The molecule has 0 radical (unpaired) electrons. The van der Waals surface area contributed by atoms with Crippen LogP contribution in [0, 0.1) is 11.8 Å². The van der Waals surface area contributed by atoms with Crippen LogP contribution in [0.5, 0.6) is 0 Å². The van der Waals surface area contributed by atoms with E-state index in [-0.39, 0.29) is 0 Å². The summed E-state index contributed by atoms with van der Waals surface area (Å²) in [6.07, 6.45) is 7.00. The van der Waals surface area contributed by atoms with E-state index in [1.54, 1.807) is 0 Å². The van der Waals surface area contributed by atoms with Crippen molar-refractivity contribution in [3.05, 3.63) is 71.3 Å². The molecule has 0 spiro atoms. The van der Waals surface area contributed by atoms with Crippen molar-refractivity contribution < 1.29 is 4.79 Å². The molecule has 2 unspecified atom stereocenters. The Hall–Kier alpha value is -1.97. The van der Waals surface area contributed by atoms with Gasteiger partial charge in [-0.05, 0) is 80.8 Å². The Labute approximate surface area is 180 Å². The first kappa shape index (κ1) is 20.0. The number of ketones is 1. The van der Waals surface area contributed by atoms with E-state index in [2.05, 4.69) is 58.7 Å². The minimum absolute atomic E-state index is 0.335. The molecule has 0 aromatic heterocycles. The van der Waals surface area contributed by atoms with E-state index in [1.165, 1.54) is 36.9 Å². The fourth-order valence-electron chi connectivity index (χ4n) is 4.94. The molecule has 3 nitrogen and oxygen atoms in total. The predicted molar refractivity (Wildman–Crippen MR) is 122 cm³/mol. The monoisotopic (exact) mass is 402 g/mol. The molecular formula is C27H34N2O. The lowest BCUT2D eigenvalue weighted by atomic mass is 9.89. The lowest BCUT2D eigenvalue weighted by Gasteiger charge is -2.31. The number of piperidine rings is 1. The summed E-state index contributed by atoms with van der Waals surface area (Å²) in [7, 11) is 0. The van der Waals surface area contributed by atoms with Crippen molar-refractivity contribution in [1.82, 2.24) is 10.2 Å². The molecule has 158 valence electrons. The zero-order valence-electron chi connectivity index (χ0n) is 17.9. The van der Waals surface area contributed by atoms with Gasteiger partial charge in [0.05, 0.1) is 0 Å². The zero-order chi connectivity index (χ0) is 20.3. The van der Waals surface area contributed by atoms with Crippen LogP contribution in [-0.2, 0) is 6.54 Å². The molecule has 2 saturated carbocycles. The third kappa shape index (κ3) is 5.19. The number of rotatable bonds is 9. The number of benzene rings is 2. The molecule has 30 heavy (non-hydrogen) atoms. The summed E-state index contributed by atoms with van der Waals surface area (Å²) < 4.78 is 0. The van der Waals surface area contributed by atoms with Crippen LogP contribution in [-0.4, -0.2) is 36.4 Å². The number of Topliss-reactive ketones (excluding diaryl/α,β-unsaturated/α-hetero) is 1. The van der Waals surface area contributed by atoms with Gasteiger partial charge in [-0.2, -0.15) is 0 Å². The molecule has 5 rings (SSSR count). The first-order chi connectivity index (χ1) is 14.7. The highest BCUT2D eigenvalue weighted by Gasteiger charge is 2.39. The lowest BCUT2D eigenvalue weighted by molar-refractivity contribution is 0.0925. The highest BCUT2D eigenvalue weighted by Crippen LogP contribution is 2.42. The van der Waals surface area contributed by atoms with Crippen LogP contribution in [0.15, 0.2) is 54.6 Å². The fraction of sp³-hybridized carbons (Fsp3) is 0.519. The summed E-state index contributed by atoms with van der Waals surface area (Å²) in [6.45, 7) is 4.41. The molecule has 2 aromatic rings. The van der Waals surface area contributed by atoms with Crippen LogP contribution in [0.2, 0.25) is 0 Å². The van der Waals surface area contributed by atoms with Gasteiger partial charge in [0.25, 0.3) is 0 Å². The Bertz CT molecular complexity index is 852. The molecule has 2 atom stereocenters. The summed E-state index contributed by atoms with van der Waals surface area (Å²) in [5.74, 6) is 2.40. The normalized spacial score (nSPS) is 24.7. The van der Waals surface area contributed by atoms with E-state index >= 15 is 0 Å². The molecule has 1 heterocycles. The number of hydrogen-bond donors (Lipinski definition) is 1. The fourth-order valence-corrected chi connectivity index (χ4v) is 4.94. The van der Waals surface area contributed by atoms with Gasteiger partial charge in [-0.25, -0.2) is 0 Å². The molecule has 0 amide bonds. The maximum absolute atomic E-state index is 13.0. The van der Waals surface area contributed by atoms with Gasteiger partial charge in [0.15, 0.2) is 5.78 Å². The van der Waals surface area contributed by atoms with Crippen LogP contribution >= 0.6 is 0 Å². The second-order valence-corrected chi connectivity index (χ2v) is 9.76. The van der Waals surface area contributed by atoms with Crippen molar-refractivity contribution in [2.24, 2.45) is 11.8 Å². The van der Waals surface area contributed by atoms with Gasteiger partial charge in [-0.15, -0.1) is 0 Å². The minimum atomic E-state index is 0.335. The molecule has 1 saturated heterocycles. The summed E-state index contributed by atoms with van der Waals surface area (Å²) >= 11 is 0. The molecule has 2 aliphatic carbocycles. The van der Waals surface area contributed by atoms with E-state index < -0.39 is 0 Å². The molecule has 0 bridgehead atoms. The quantitative estimate of drug-likeness (QED) is 0.597. The maximum atomic E-state index is 13.0. The van der Waals surface area contributed by atoms with Crippen molar-refractivity contribution >= 4 is 5.78 Å². The Balaban J connectivity index is 1.09. The molecular weight excluding hydrogens is 368 g/mol. The van der Waals surface area contributed by atoms with Crippen molar-refractivity contribution in [3.63, 3.8) is 0 Å². The topological polar surface area (TPSA) is 32.3 Å². The Kier molecular flexibility index (Phi) is 6.01. The van der Waals surface area contributed by atoms with Gasteiger partial charge in [0, 0.05) is 30.5 Å². The van der Waals surface area contributed by atoms with E-state index in [1.807, 2.05) is 6.07 Å². The number of carbonyl (C=O) groups excluding carboxylic acids is 1. The number of carbonyl (C=O) groups is 1. The molecule has 2 aromatic carbocycles. The molecule has 3 heteroatoms. The molecule has 3 aliphatic rings. The van der Waals surface area contributed by atoms with Crippen molar-refractivity contribution in [3.8, 4) is 0 Å². The van der Waals surface area contributed by atoms with Gasteiger partial charge in [-0.3, -0.25) is 9.69 Å². The summed E-state index contributed by atoms with van der Waals surface area (Å²) in [5.41, 5.74) is 3.66. The van der Waals surface area contributed by atoms with Gasteiger partial charge in [0.2, 0.25) is 0 Å². The van der Waals surface area contributed by atoms with Crippen molar-refractivity contribution in [2.45, 2.75) is 57.0 Å². The van der Waals surface area contributed by atoms with Crippen LogP contribution in [0.25, 0.3) is 0 Å². The Morgan fingerprint density at radius 2 is 1.73 bits per heavy atom. The zero-order valence-corrected chi connectivity index (χ0v) is 17.9. The third-order valence-electron chi connectivity index (χ3n) is 7.22. The minimum Gasteiger partial charge on any atom is -0.313 e. The largest absolute Gasteiger partial charge is 0.313 e. The van der Waals surface area contributed by atoms with E-state index in [9.17, 15) is 4.79 Å². The van der Waals surface area contributed by atoms with E-state index in [4.69, 9.17) is 0 Å². The highest BCUT2D eigenvalue weighted by atomic mass is 16.1. The van der Waals surface area contributed by atoms with Gasteiger partial charge >= 0.3 is 0 Å². The summed E-state index contributed by atoms with van der Waals surface area (Å²) in [5, 5.41) is 3.71. The summed E-state index contributed by atoms with van der Waals surface area (Å²) in [4.78, 5) is 15.5. The number of likely N-dealkylation sites (tertiary alicyclic amines) is 1. The first-order valence-electron chi connectivity index (χ1n) is 11.9. The van der Waals surface area contributed by atoms with Gasteiger partial charge < -0.3 is 5.32 Å². The predicted octanol–water partition coefficient (Wildman–Crippen LogP) is 5.03. The van der Waals surface area contributed by atoms with Gasteiger partial charge in [0.1, 0.15) is 0 Å². The first-order valence-corrected chi connectivity index (χ1v) is 11.9. The summed E-state index contributed by atoms with van der Waals surface area (Å²) in [6, 6.07) is 19.8. The van der Waals surface area contributed by atoms with Gasteiger partial charge in [-0.1, -0.05) is 48.5 Å². The maximum Gasteiger partial charge on any atom is 0.163 e. The number of nitrogens with zero attached hydrogens (tertiary/aromatic N) is 1. The molecule has 1 N–H and O–H groups in total. The SMILES string of the molecule is O=C(CC1CCN(Cc2ccccc2)CC1)c1cccc(C2CC2NCC2CC2)c1. The second-order valence-electron chi connectivity index (χ2n) is 9.76. The average molecular weight is 403 g/mol. The smallest absolute Gasteiger partial charge is 0.163 e. The third-order valence-corrected chi connectivity index (χ3v) is 7.22. The number of hydrogen-bond acceptors (Lipinski definition) is 3. The second kappa shape index (κ2) is 9.03. The van der Waals surface area contributed by atoms with E-state index in [0.717, 1.165) is 44.0 Å². The molecule has 1 aliphatic heterocycles. The Morgan fingerprint density at radius 3 is 2.50 bits per heavy atom. The number of nitrogens with one attached hydrogen (secondary N) is 1. The highest BCUT2D eigenvalue weighted by molar-refractivity contribution is 5.96. The Morgan fingerprint density at radius 1 is 0.933 bits per heavy atom. The standard InChI is InChI=1S/C27H34N2O/c30-27(15-20-11-13-29(14-12-20)19-22-5-2-1-3-6-22)24-8-4-7-23(16-24)25-17-26(25)28-18-21-9-10-21/h1-8,16,20-21,25-26,28H,9-15,17-19H2. The van der Waals surface area contributed by atoms with Crippen LogP contribution in [0.4, 0.5) is 0 Å². The van der Waals surface area contributed by atoms with Crippen LogP contribution in [0.1, 0.15) is 65.9 Å². The van der Waals surface area contributed by atoms with Crippen molar-refractivity contribution in [2.75, 3.05) is 19.6 Å². The van der Waals surface area contributed by atoms with Crippen LogP contribution < -0.4 is 5.32 Å². The molecule has 3 fully saturated rings. The van der Waals surface area contributed by atoms with Crippen LogP contribution in [0.3, 0.4) is 0 Å². The van der Waals surface area contributed by atoms with Crippen molar-refractivity contribution in [1.29, 1.82) is 0 Å².